The average molecular weight is 345 g/mol. The fraction of sp³-hybridized carbons (Fsp3) is 0.632. The van der Waals surface area contributed by atoms with Crippen molar-refractivity contribution in [3.05, 3.63) is 33.9 Å². The molecule has 1 amide bonds. The topological polar surface area (TPSA) is 66.7 Å². The van der Waals surface area contributed by atoms with Crippen molar-refractivity contribution in [1.29, 1.82) is 0 Å². The van der Waals surface area contributed by atoms with E-state index in [9.17, 15) is 14.9 Å². The number of hydrogen-bond acceptors (Lipinski definition) is 4. The van der Waals surface area contributed by atoms with Gasteiger partial charge in [-0.15, -0.1) is 0 Å². The number of likely N-dealkylation sites (tertiary alicyclic amines) is 1. The summed E-state index contributed by atoms with van der Waals surface area (Å²) in [4.78, 5) is 28.1. The van der Waals surface area contributed by atoms with Gasteiger partial charge in [0.1, 0.15) is 0 Å². The summed E-state index contributed by atoms with van der Waals surface area (Å²) >= 11 is 0. The van der Waals surface area contributed by atoms with Gasteiger partial charge in [0, 0.05) is 38.3 Å². The minimum atomic E-state index is -0.412. The molecule has 0 spiro atoms. The average Bonchev–Trinajstić information content (AvgIpc) is 2.61. The quantitative estimate of drug-likeness (QED) is 0.613. The number of anilines is 1. The van der Waals surface area contributed by atoms with Crippen molar-refractivity contribution in [3.63, 3.8) is 0 Å². The van der Waals surface area contributed by atoms with E-state index < -0.39 is 4.92 Å². The van der Waals surface area contributed by atoms with E-state index in [1.807, 2.05) is 4.90 Å². The molecule has 0 N–H and O–H groups in total. The van der Waals surface area contributed by atoms with Crippen LogP contribution in [-0.4, -0.2) is 41.9 Å². The van der Waals surface area contributed by atoms with Crippen molar-refractivity contribution in [1.82, 2.24) is 4.90 Å². The molecule has 0 unspecified atom stereocenters. The Kier molecular flexibility index (Phi) is 5.89. The summed E-state index contributed by atoms with van der Waals surface area (Å²) in [6.45, 7) is 3.33. The number of nitrogens with zero attached hydrogens (tertiary/aromatic N) is 3. The van der Waals surface area contributed by atoms with E-state index in [0.717, 1.165) is 70.4 Å². The second-order valence-electron chi connectivity index (χ2n) is 7.07. The molecule has 0 atom stereocenters. The van der Waals surface area contributed by atoms with E-state index in [4.69, 9.17) is 0 Å². The van der Waals surface area contributed by atoms with Crippen LogP contribution in [0.5, 0.6) is 0 Å². The highest BCUT2D eigenvalue weighted by atomic mass is 16.6. The van der Waals surface area contributed by atoms with Crippen LogP contribution in [0.4, 0.5) is 11.4 Å². The molecule has 0 bridgehead atoms. The van der Waals surface area contributed by atoms with Crippen LogP contribution in [0.25, 0.3) is 0 Å². The molecule has 6 nitrogen and oxygen atoms in total. The molecule has 0 radical (unpaired) electrons. The number of piperidine rings is 1. The summed E-state index contributed by atoms with van der Waals surface area (Å²) < 4.78 is 0. The second kappa shape index (κ2) is 8.32. The highest BCUT2D eigenvalue weighted by molar-refractivity contribution is 6.00. The number of rotatable bonds is 3. The second-order valence-corrected chi connectivity index (χ2v) is 7.07. The number of nitro benzene ring substituents is 1. The molecule has 0 aliphatic carbocycles. The smallest absolute Gasteiger partial charge is 0.270 e. The Morgan fingerprint density at radius 3 is 2.08 bits per heavy atom. The number of nitro groups is 1. The summed E-state index contributed by atoms with van der Waals surface area (Å²) in [6.07, 6.45) is 8.98. The lowest BCUT2D eigenvalue weighted by Gasteiger charge is -2.32. The summed E-state index contributed by atoms with van der Waals surface area (Å²) in [5.41, 5.74) is 1.35. The van der Waals surface area contributed by atoms with Gasteiger partial charge >= 0.3 is 0 Å². The number of non-ortho nitro benzene ring substituents is 1. The van der Waals surface area contributed by atoms with Gasteiger partial charge in [-0.1, -0.05) is 19.3 Å². The van der Waals surface area contributed by atoms with Crippen LogP contribution in [-0.2, 0) is 0 Å². The summed E-state index contributed by atoms with van der Waals surface area (Å²) in [6, 6.07) is 4.76. The third kappa shape index (κ3) is 4.30. The normalized spacial score (nSPS) is 19.2. The zero-order valence-electron chi connectivity index (χ0n) is 14.8. The molecule has 0 saturated carbocycles. The fourth-order valence-corrected chi connectivity index (χ4v) is 3.84. The highest BCUT2D eigenvalue weighted by Gasteiger charge is 2.25. The summed E-state index contributed by atoms with van der Waals surface area (Å²) in [7, 11) is 0. The molecular weight excluding hydrogens is 318 g/mol. The van der Waals surface area contributed by atoms with E-state index in [2.05, 4.69) is 4.90 Å². The highest BCUT2D eigenvalue weighted by Crippen LogP contribution is 2.29. The molecule has 2 aliphatic rings. The van der Waals surface area contributed by atoms with E-state index >= 15 is 0 Å². The van der Waals surface area contributed by atoms with Crippen LogP contribution in [0.1, 0.15) is 61.7 Å². The monoisotopic (exact) mass is 345 g/mol. The van der Waals surface area contributed by atoms with Gasteiger partial charge in [0.2, 0.25) is 0 Å². The summed E-state index contributed by atoms with van der Waals surface area (Å²) in [5.74, 6) is -0.0498. The molecule has 3 rings (SSSR count). The van der Waals surface area contributed by atoms with Crippen LogP contribution in [0.15, 0.2) is 18.2 Å². The van der Waals surface area contributed by atoms with Gasteiger partial charge in [0.15, 0.2) is 0 Å². The van der Waals surface area contributed by atoms with Crippen molar-refractivity contribution in [2.24, 2.45) is 0 Å². The lowest BCUT2D eigenvalue weighted by molar-refractivity contribution is -0.384. The van der Waals surface area contributed by atoms with Gasteiger partial charge in [-0.3, -0.25) is 14.9 Å². The standard InChI is InChI=1S/C19H27N3O3/c23-19(21-13-5-2-1-3-6-14-21)17-15-16(22(24)25)9-10-18(17)20-11-7-4-8-12-20/h9-10,15H,1-8,11-14H2. The first-order valence-electron chi connectivity index (χ1n) is 9.49. The SMILES string of the molecule is O=C(c1cc([N+](=O)[O-])ccc1N1CCCCC1)N1CCCCCCC1. The Morgan fingerprint density at radius 1 is 0.880 bits per heavy atom. The molecule has 0 aromatic heterocycles. The van der Waals surface area contributed by atoms with Crippen LogP contribution in [0.2, 0.25) is 0 Å². The summed E-state index contributed by atoms with van der Waals surface area (Å²) in [5, 5.41) is 11.2. The molecule has 136 valence electrons. The fourth-order valence-electron chi connectivity index (χ4n) is 3.84. The minimum Gasteiger partial charge on any atom is -0.371 e. The van der Waals surface area contributed by atoms with Crippen LogP contribution in [0.3, 0.4) is 0 Å². The van der Waals surface area contributed by atoms with Gasteiger partial charge in [-0.2, -0.15) is 0 Å². The molecule has 25 heavy (non-hydrogen) atoms. The maximum Gasteiger partial charge on any atom is 0.270 e. The zero-order chi connectivity index (χ0) is 17.6. The Labute approximate surface area is 148 Å². The van der Waals surface area contributed by atoms with Crippen molar-refractivity contribution < 1.29 is 9.72 Å². The van der Waals surface area contributed by atoms with Crippen LogP contribution < -0.4 is 4.90 Å². The van der Waals surface area contributed by atoms with E-state index in [1.165, 1.54) is 25.0 Å². The number of carbonyl (C=O) groups excluding carboxylic acids is 1. The van der Waals surface area contributed by atoms with E-state index in [-0.39, 0.29) is 11.6 Å². The van der Waals surface area contributed by atoms with Gasteiger partial charge in [0.05, 0.1) is 16.2 Å². The van der Waals surface area contributed by atoms with E-state index in [0.29, 0.717) is 5.56 Å². The molecule has 1 aromatic carbocycles. The molecular formula is C19H27N3O3. The third-order valence-electron chi connectivity index (χ3n) is 5.26. The minimum absolute atomic E-state index is 0.00356. The largest absolute Gasteiger partial charge is 0.371 e. The predicted octanol–water partition coefficient (Wildman–Crippen LogP) is 3.99. The first kappa shape index (κ1) is 17.7. The van der Waals surface area contributed by atoms with Crippen molar-refractivity contribution in [2.45, 2.75) is 51.4 Å². The number of hydrogen-bond donors (Lipinski definition) is 0. The molecule has 1 aromatic rings. The first-order chi connectivity index (χ1) is 12.2. The zero-order valence-corrected chi connectivity index (χ0v) is 14.8. The lowest BCUT2D eigenvalue weighted by Crippen LogP contribution is -2.36. The van der Waals surface area contributed by atoms with Gasteiger partial charge in [0.25, 0.3) is 11.6 Å². The van der Waals surface area contributed by atoms with Crippen LogP contribution >= 0.6 is 0 Å². The van der Waals surface area contributed by atoms with Crippen molar-refractivity contribution in [3.8, 4) is 0 Å². The molecule has 2 saturated heterocycles. The number of benzene rings is 1. The first-order valence-corrected chi connectivity index (χ1v) is 9.49. The maximum absolute atomic E-state index is 13.2. The third-order valence-corrected chi connectivity index (χ3v) is 5.26. The molecule has 6 heteroatoms. The molecule has 2 heterocycles. The molecule has 2 fully saturated rings. The Hall–Kier alpha value is -2.11. The van der Waals surface area contributed by atoms with Crippen molar-refractivity contribution >= 4 is 17.3 Å². The van der Waals surface area contributed by atoms with Gasteiger partial charge < -0.3 is 9.80 Å². The lowest BCUT2D eigenvalue weighted by atomic mass is 10.0. The van der Waals surface area contributed by atoms with Gasteiger partial charge in [-0.05, 0) is 38.2 Å². The Bertz CT molecular complexity index is 618. The van der Waals surface area contributed by atoms with E-state index in [1.54, 1.807) is 6.07 Å². The maximum atomic E-state index is 13.2. The Balaban J connectivity index is 1.91. The number of carbonyl (C=O) groups is 1. The Morgan fingerprint density at radius 2 is 1.44 bits per heavy atom. The van der Waals surface area contributed by atoms with Gasteiger partial charge in [-0.25, -0.2) is 0 Å². The van der Waals surface area contributed by atoms with Crippen molar-refractivity contribution in [2.75, 3.05) is 31.1 Å². The number of amides is 1. The van der Waals surface area contributed by atoms with Crippen LogP contribution in [0, 0.1) is 10.1 Å². The predicted molar refractivity (Wildman–Crippen MR) is 98.1 cm³/mol. The molecule has 2 aliphatic heterocycles.